The van der Waals surface area contributed by atoms with Gasteiger partial charge in [0.25, 0.3) is 0 Å². The summed E-state index contributed by atoms with van der Waals surface area (Å²) in [6, 6.07) is 14.6. The molecule has 0 N–H and O–H groups in total. The Morgan fingerprint density at radius 1 is 0.596 bits per heavy atom. The molecular weight excluding hydrogens is 567 g/mol. The first-order chi connectivity index (χ1) is 20.8. The van der Waals surface area contributed by atoms with Crippen molar-refractivity contribution in [2.45, 2.75) is 171 Å². The zero-order chi connectivity index (χ0) is 35.2. The van der Waals surface area contributed by atoms with Crippen LogP contribution in [0.1, 0.15) is 171 Å². The molecule has 0 radical (unpaired) electrons. The lowest BCUT2D eigenvalue weighted by molar-refractivity contribution is 0.587. The second-order valence-electron chi connectivity index (χ2n) is 12.1. The number of benzene rings is 1. The third-order valence-corrected chi connectivity index (χ3v) is 6.18. The van der Waals surface area contributed by atoms with Crippen LogP contribution in [-0.4, -0.2) is 4.98 Å². The molecular formula is C46H87N. The van der Waals surface area contributed by atoms with Crippen LogP contribution in [0.4, 0.5) is 0 Å². The van der Waals surface area contributed by atoms with Gasteiger partial charge in [-0.1, -0.05) is 225 Å². The predicted octanol–water partition coefficient (Wildman–Crippen LogP) is 16.4. The minimum Gasteiger partial charge on any atom is -0.264 e. The van der Waals surface area contributed by atoms with Gasteiger partial charge in [-0.05, 0) is 58.3 Å². The maximum absolute atomic E-state index is 4.05. The number of hydrogen-bond acceptors (Lipinski definition) is 1. The molecule has 1 nitrogen and oxygen atoms in total. The van der Waals surface area contributed by atoms with E-state index in [1.165, 1.54) is 23.1 Å². The van der Waals surface area contributed by atoms with E-state index in [2.05, 4.69) is 147 Å². The number of pyridine rings is 1. The van der Waals surface area contributed by atoms with Crippen LogP contribution in [0.5, 0.6) is 0 Å². The smallest absolute Gasteiger partial charge is 0.0305 e. The summed E-state index contributed by atoms with van der Waals surface area (Å²) in [5.41, 5.74) is 6.26. The normalized spacial score (nSPS) is 11.4. The Morgan fingerprint density at radius 2 is 1.06 bits per heavy atom. The number of aromatic nitrogens is 1. The van der Waals surface area contributed by atoms with Crippen molar-refractivity contribution >= 4 is 0 Å². The van der Waals surface area contributed by atoms with E-state index in [9.17, 15) is 0 Å². The molecule has 47 heavy (non-hydrogen) atoms. The largest absolute Gasteiger partial charge is 0.264 e. The first-order valence-electron chi connectivity index (χ1n) is 17.5. The third-order valence-electron chi connectivity index (χ3n) is 6.18. The summed E-state index contributed by atoms with van der Waals surface area (Å²) in [6.45, 7) is 38.1. The Balaban J connectivity index is -0.0000000832. The average Bonchev–Trinajstić information content (AvgIpc) is 3.78. The Kier molecular flexibility index (Phi) is 48.0. The number of rotatable bonds is 2. The van der Waals surface area contributed by atoms with E-state index in [-0.39, 0.29) is 27.7 Å². The Morgan fingerprint density at radius 3 is 1.28 bits per heavy atom. The van der Waals surface area contributed by atoms with E-state index in [4.69, 9.17) is 0 Å². The topological polar surface area (TPSA) is 12.9 Å². The van der Waals surface area contributed by atoms with Crippen molar-refractivity contribution in [1.82, 2.24) is 4.98 Å². The minimum atomic E-state index is 0. The molecule has 0 aliphatic heterocycles. The molecule has 1 aromatic carbocycles. The summed E-state index contributed by atoms with van der Waals surface area (Å²) in [4.78, 5) is 4.05. The molecule has 0 saturated heterocycles. The summed E-state index contributed by atoms with van der Waals surface area (Å²) >= 11 is 0. The van der Waals surface area contributed by atoms with Gasteiger partial charge in [0.1, 0.15) is 0 Å². The molecule has 0 saturated carbocycles. The molecule has 0 spiro atoms. The Labute approximate surface area is 300 Å². The van der Waals surface area contributed by atoms with Gasteiger partial charge >= 0.3 is 0 Å². The standard InChI is InChI=1S/C10H14.C9H13N.2C8H12.4C2H6.3CH4/c1-10(2,3)9-7-5-4-6-8-9;1-9(2,3)8-5-4-6-10-7-8;2*1-7(2)8-5-3-4-6-8;4*1-2;;;/h4-8H,1-3H3;4-7H,1-3H3;3,5-7H,4H2,1-2H3;3-5,7H,6H2,1-2H3;4*1-2H3;3*1H4. The lowest BCUT2D eigenvalue weighted by atomic mass is 9.87. The van der Waals surface area contributed by atoms with Crippen molar-refractivity contribution in [3.05, 3.63) is 114 Å². The van der Waals surface area contributed by atoms with Crippen LogP contribution in [-0.2, 0) is 10.8 Å². The first kappa shape index (κ1) is 59.7. The second kappa shape index (κ2) is 37.8. The first-order valence-corrected chi connectivity index (χ1v) is 17.5. The van der Waals surface area contributed by atoms with Gasteiger partial charge in [-0.25, -0.2) is 0 Å². The molecule has 1 heteroatoms. The third kappa shape index (κ3) is 33.0. The van der Waals surface area contributed by atoms with Crippen molar-refractivity contribution < 1.29 is 0 Å². The molecule has 1 aromatic heterocycles. The monoisotopic (exact) mass is 654 g/mol. The SMILES string of the molecule is C.C.C.CC.CC.CC.CC.CC(C)(C)c1ccccc1.CC(C)(C)c1cccnc1.CC(C)C1=CC=CC1.CC(C)C1=CCC=C1. The highest BCUT2D eigenvalue weighted by Gasteiger charge is 2.12. The maximum atomic E-state index is 4.05. The molecule has 2 aliphatic rings. The fourth-order valence-electron chi connectivity index (χ4n) is 3.54. The van der Waals surface area contributed by atoms with Gasteiger partial charge < -0.3 is 0 Å². The molecule has 0 unspecified atom stereocenters. The second-order valence-corrected chi connectivity index (χ2v) is 12.1. The van der Waals surface area contributed by atoms with Crippen molar-refractivity contribution in [3.63, 3.8) is 0 Å². The van der Waals surface area contributed by atoms with Crippen LogP contribution < -0.4 is 0 Å². The van der Waals surface area contributed by atoms with Gasteiger partial charge in [-0.2, -0.15) is 0 Å². The van der Waals surface area contributed by atoms with Crippen molar-refractivity contribution in [2.75, 3.05) is 0 Å². The maximum Gasteiger partial charge on any atom is 0.0305 e. The molecule has 4 rings (SSSR count). The quantitative estimate of drug-likeness (QED) is 0.314. The molecule has 0 amide bonds. The zero-order valence-electron chi connectivity index (χ0n) is 32.7. The molecule has 0 atom stereocenters. The number of hydrogen-bond donors (Lipinski definition) is 0. The molecule has 1 heterocycles. The fraction of sp³-hybridized carbons (Fsp3) is 0.587. The summed E-state index contributed by atoms with van der Waals surface area (Å²) in [6.07, 6.45) is 19.3. The van der Waals surface area contributed by atoms with Gasteiger partial charge in [0.15, 0.2) is 0 Å². The van der Waals surface area contributed by atoms with Crippen LogP contribution in [0.3, 0.4) is 0 Å². The lowest BCUT2D eigenvalue weighted by Gasteiger charge is -2.18. The van der Waals surface area contributed by atoms with E-state index >= 15 is 0 Å². The molecule has 2 aromatic rings. The zero-order valence-corrected chi connectivity index (χ0v) is 32.7. The van der Waals surface area contributed by atoms with E-state index in [1.54, 1.807) is 11.8 Å². The number of nitrogens with zero attached hydrogens (tertiary/aromatic N) is 1. The Hall–Kier alpha value is -2.67. The van der Waals surface area contributed by atoms with Crippen molar-refractivity contribution in [2.24, 2.45) is 11.8 Å². The highest BCUT2D eigenvalue weighted by molar-refractivity contribution is 5.27. The predicted molar refractivity (Wildman–Crippen MR) is 227 cm³/mol. The lowest BCUT2D eigenvalue weighted by Crippen LogP contribution is -2.10. The van der Waals surface area contributed by atoms with Gasteiger partial charge in [-0.3, -0.25) is 4.98 Å². The summed E-state index contributed by atoms with van der Waals surface area (Å²) in [7, 11) is 0. The van der Waals surface area contributed by atoms with Crippen molar-refractivity contribution in [1.29, 1.82) is 0 Å². The van der Waals surface area contributed by atoms with Crippen LogP contribution in [0.25, 0.3) is 0 Å². The van der Waals surface area contributed by atoms with Crippen LogP contribution in [0, 0.1) is 11.8 Å². The summed E-state index contributed by atoms with van der Waals surface area (Å²) < 4.78 is 0. The summed E-state index contributed by atoms with van der Waals surface area (Å²) in [5.74, 6) is 1.46. The van der Waals surface area contributed by atoms with Gasteiger partial charge in [0.2, 0.25) is 0 Å². The highest BCUT2D eigenvalue weighted by Crippen LogP contribution is 2.21. The van der Waals surface area contributed by atoms with Crippen LogP contribution >= 0.6 is 0 Å². The van der Waals surface area contributed by atoms with Crippen LogP contribution in [0.2, 0.25) is 0 Å². The molecule has 276 valence electrons. The van der Waals surface area contributed by atoms with E-state index < -0.39 is 0 Å². The van der Waals surface area contributed by atoms with Gasteiger partial charge in [-0.15, -0.1) is 0 Å². The van der Waals surface area contributed by atoms with Gasteiger partial charge in [0.05, 0.1) is 0 Å². The van der Waals surface area contributed by atoms with Crippen molar-refractivity contribution in [3.8, 4) is 0 Å². The van der Waals surface area contributed by atoms with E-state index in [1.807, 2.05) is 67.7 Å². The summed E-state index contributed by atoms with van der Waals surface area (Å²) in [5, 5.41) is 0. The van der Waals surface area contributed by atoms with Crippen LogP contribution in [0.15, 0.2) is 102 Å². The van der Waals surface area contributed by atoms with Gasteiger partial charge in [0, 0.05) is 12.4 Å². The molecule has 0 bridgehead atoms. The number of allylic oxidation sites excluding steroid dienone is 8. The van der Waals surface area contributed by atoms with E-state index in [0.29, 0.717) is 11.3 Å². The molecule has 0 fully saturated rings. The Bertz CT molecular complexity index is 923. The fourth-order valence-corrected chi connectivity index (χ4v) is 3.54. The van der Waals surface area contributed by atoms with E-state index in [0.717, 1.165) is 12.3 Å². The highest BCUT2D eigenvalue weighted by atomic mass is 14.6. The minimum absolute atomic E-state index is 0. The average molecular weight is 654 g/mol. The molecule has 2 aliphatic carbocycles.